The zero-order chi connectivity index (χ0) is 20.4. The van der Waals surface area contributed by atoms with E-state index in [9.17, 15) is 19.1 Å². The highest BCUT2D eigenvalue weighted by molar-refractivity contribution is 6.46. The Balaban J connectivity index is 1.85. The number of carbonyl (C=O) groups excluding carboxylic acids is 2. The summed E-state index contributed by atoms with van der Waals surface area (Å²) in [6.07, 6.45) is 6.35. The monoisotopic (exact) mass is 389 g/mol. The molecule has 0 aliphatic carbocycles. The SMILES string of the molecule is O=C1C(=O)N(Cc2cccnc2)[C@@H](c2cccnc2)/C1=C(\O)c1ccc(F)cc1. The molecule has 3 heterocycles. The minimum absolute atomic E-state index is 0.0569. The summed E-state index contributed by atoms with van der Waals surface area (Å²) in [5, 5.41) is 10.8. The van der Waals surface area contributed by atoms with Crippen LogP contribution in [0.25, 0.3) is 5.76 Å². The first kappa shape index (κ1) is 18.5. The van der Waals surface area contributed by atoms with Gasteiger partial charge in [0.1, 0.15) is 11.6 Å². The highest BCUT2D eigenvalue weighted by atomic mass is 19.1. The molecule has 1 atom stereocenters. The molecule has 144 valence electrons. The zero-order valence-electron chi connectivity index (χ0n) is 15.2. The maximum Gasteiger partial charge on any atom is 0.295 e. The second kappa shape index (κ2) is 7.63. The van der Waals surface area contributed by atoms with Crippen molar-refractivity contribution in [3.63, 3.8) is 0 Å². The summed E-state index contributed by atoms with van der Waals surface area (Å²) < 4.78 is 13.3. The van der Waals surface area contributed by atoms with Crippen molar-refractivity contribution in [3.8, 4) is 0 Å². The lowest BCUT2D eigenvalue weighted by Crippen LogP contribution is -2.29. The van der Waals surface area contributed by atoms with Crippen molar-refractivity contribution in [2.45, 2.75) is 12.6 Å². The molecule has 7 heteroatoms. The topological polar surface area (TPSA) is 83.4 Å². The molecule has 1 saturated heterocycles. The fourth-order valence-electron chi connectivity index (χ4n) is 3.38. The second-order valence-electron chi connectivity index (χ2n) is 6.58. The molecule has 1 N–H and O–H groups in total. The third-order valence-electron chi connectivity index (χ3n) is 4.73. The first-order chi connectivity index (χ1) is 14.1. The van der Waals surface area contributed by atoms with E-state index in [4.69, 9.17) is 0 Å². The lowest BCUT2D eigenvalue weighted by Gasteiger charge is -2.25. The minimum atomic E-state index is -0.825. The van der Waals surface area contributed by atoms with Gasteiger partial charge < -0.3 is 10.0 Å². The Hall–Kier alpha value is -3.87. The van der Waals surface area contributed by atoms with Gasteiger partial charge in [0.15, 0.2) is 0 Å². The molecule has 29 heavy (non-hydrogen) atoms. The molecule has 0 bridgehead atoms. The second-order valence-corrected chi connectivity index (χ2v) is 6.58. The molecule has 2 aromatic heterocycles. The van der Waals surface area contributed by atoms with Crippen LogP contribution in [0.5, 0.6) is 0 Å². The van der Waals surface area contributed by atoms with Gasteiger partial charge in [-0.15, -0.1) is 0 Å². The van der Waals surface area contributed by atoms with E-state index in [2.05, 4.69) is 9.97 Å². The van der Waals surface area contributed by atoms with Crippen LogP contribution in [-0.4, -0.2) is 31.7 Å². The molecule has 1 amide bonds. The zero-order valence-corrected chi connectivity index (χ0v) is 15.2. The third-order valence-corrected chi connectivity index (χ3v) is 4.73. The van der Waals surface area contributed by atoms with E-state index in [0.717, 1.165) is 5.56 Å². The highest BCUT2D eigenvalue weighted by Crippen LogP contribution is 2.39. The number of Topliss-reactive ketones (excluding diaryl/α,β-unsaturated/α-hetero) is 1. The number of halogens is 1. The summed E-state index contributed by atoms with van der Waals surface area (Å²) in [6.45, 7) is 0.137. The van der Waals surface area contributed by atoms with Crippen LogP contribution in [0.2, 0.25) is 0 Å². The van der Waals surface area contributed by atoms with E-state index in [-0.39, 0.29) is 23.4 Å². The lowest BCUT2D eigenvalue weighted by molar-refractivity contribution is -0.140. The van der Waals surface area contributed by atoms with E-state index in [1.807, 2.05) is 0 Å². The predicted octanol–water partition coefficient (Wildman–Crippen LogP) is 3.24. The first-order valence-electron chi connectivity index (χ1n) is 8.89. The molecule has 1 aliphatic rings. The Bertz CT molecular complexity index is 1080. The van der Waals surface area contributed by atoms with Crippen molar-refractivity contribution in [1.29, 1.82) is 0 Å². The van der Waals surface area contributed by atoms with Gasteiger partial charge in [-0.05, 0) is 47.5 Å². The number of hydrogen-bond acceptors (Lipinski definition) is 5. The van der Waals surface area contributed by atoms with Crippen LogP contribution in [0.15, 0.2) is 78.9 Å². The van der Waals surface area contributed by atoms with E-state index in [1.165, 1.54) is 29.2 Å². The van der Waals surface area contributed by atoms with Gasteiger partial charge in [-0.1, -0.05) is 12.1 Å². The van der Waals surface area contributed by atoms with Crippen molar-refractivity contribution in [2.24, 2.45) is 0 Å². The smallest absolute Gasteiger partial charge is 0.295 e. The van der Waals surface area contributed by atoms with Gasteiger partial charge in [0.05, 0.1) is 11.6 Å². The largest absolute Gasteiger partial charge is 0.507 e. The number of nitrogens with zero attached hydrogens (tertiary/aromatic N) is 3. The van der Waals surface area contributed by atoms with Gasteiger partial charge in [-0.2, -0.15) is 0 Å². The van der Waals surface area contributed by atoms with Crippen LogP contribution in [-0.2, 0) is 16.1 Å². The number of amides is 1. The minimum Gasteiger partial charge on any atom is -0.507 e. The van der Waals surface area contributed by atoms with Crippen LogP contribution in [0.4, 0.5) is 4.39 Å². The molecule has 1 aromatic carbocycles. The van der Waals surface area contributed by atoms with Gasteiger partial charge in [0.2, 0.25) is 0 Å². The predicted molar refractivity (Wildman–Crippen MR) is 103 cm³/mol. The fraction of sp³-hybridized carbons (Fsp3) is 0.0909. The average Bonchev–Trinajstić information content (AvgIpc) is 3.00. The summed E-state index contributed by atoms with van der Waals surface area (Å²) in [7, 11) is 0. The summed E-state index contributed by atoms with van der Waals surface area (Å²) >= 11 is 0. The maximum absolute atomic E-state index is 13.3. The number of aliphatic hydroxyl groups excluding tert-OH is 1. The number of ketones is 1. The number of likely N-dealkylation sites (tertiary alicyclic amines) is 1. The van der Waals surface area contributed by atoms with Crippen LogP contribution >= 0.6 is 0 Å². The van der Waals surface area contributed by atoms with Gasteiger partial charge in [-0.3, -0.25) is 19.6 Å². The Morgan fingerprint density at radius 2 is 1.69 bits per heavy atom. The molecule has 0 saturated carbocycles. The maximum atomic E-state index is 13.3. The van der Waals surface area contributed by atoms with Gasteiger partial charge in [0, 0.05) is 36.9 Å². The normalized spacial score (nSPS) is 18.2. The summed E-state index contributed by atoms with van der Waals surface area (Å²) in [4.78, 5) is 35.2. The molecule has 0 radical (unpaired) electrons. The Morgan fingerprint density at radius 1 is 1.00 bits per heavy atom. The van der Waals surface area contributed by atoms with E-state index in [0.29, 0.717) is 5.56 Å². The van der Waals surface area contributed by atoms with E-state index in [1.54, 1.807) is 49.1 Å². The summed E-state index contributed by atoms with van der Waals surface area (Å²) in [5.41, 5.74) is 1.52. The van der Waals surface area contributed by atoms with Crippen molar-refractivity contribution >= 4 is 17.4 Å². The molecule has 4 rings (SSSR count). The Labute approximate surface area is 166 Å². The number of hydrogen-bond donors (Lipinski definition) is 1. The van der Waals surface area contributed by atoms with Crippen LogP contribution in [0, 0.1) is 5.82 Å². The number of aromatic nitrogens is 2. The van der Waals surface area contributed by atoms with E-state index < -0.39 is 23.5 Å². The van der Waals surface area contributed by atoms with E-state index >= 15 is 0 Å². The lowest BCUT2D eigenvalue weighted by atomic mass is 9.96. The number of carbonyl (C=O) groups is 2. The molecule has 1 aliphatic heterocycles. The van der Waals surface area contributed by atoms with Crippen molar-refractivity contribution in [3.05, 3.63) is 101 Å². The molecular formula is C22H16FN3O3. The Morgan fingerprint density at radius 3 is 2.31 bits per heavy atom. The average molecular weight is 389 g/mol. The van der Waals surface area contributed by atoms with Crippen molar-refractivity contribution < 1.29 is 19.1 Å². The number of benzene rings is 1. The summed E-state index contributed by atoms with van der Waals surface area (Å²) in [5.74, 6) is -2.36. The first-order valence-corrected chi connectivity index (χ1v) is 8.89. The third kappa shape index (κ3) is 3.50. The van der Waals surface area contributed by atoms with Crippen molar-refractivity contribution in [1.82, 2.24) is 14.9 Å². The highest BCUT2D eigenvalue weighted by Gasteiger charge is 2.46. The Kier molecular flexibility index (Phi) is 4.87. The van der Waals surface area contributed by atoms with Crippen molar-refractivity contribution in [2.75, 3.05) is 0 Å². The van der Waals surface area contributed by atoms with Crippen LogP contribution in [0.1, 0.15) is 22.7 Å². The number of rotatable bonds is 4. The fourth-order valence-corrected chi connectivity index (χ4v) is 3.38. The van der Waals surface area contributed by atoms with Gasteiger partial charge in [-0.25, -0.2) is 4.39 Å². The molecule has 1 fully saturated rings. The summed E-state index contributed by atoms with van der Waals surface area (Å²) in [6, 6.07) is 11.2. The molecule has 0 unspecified atom stereocenters. The molecular weight excluding hydrogens is 373 g/mol. The van der Waals surface area contributed by atoms with Gasteiger partial charge >= 0.3 is 0 Å². The number of pyridine rings is 2. The number of aliphatic hydroxyl groups is 1. The standard InChI is InChI=1S/C22H16FN3O3/c23-17-7-5-15(6-8-17)20(27)18-19(16-4-2-10-25-12-16)26(22(29)21(18)28)13-14-3-1-9-24-11-14/h1-12,19,27H,13H2/b20-18+/t19-/m0/s1. The molecule has 3 aromatic rings. The van der Waals surface area contributed by atoms with Gasteiger partial charge in [0.25, 0.3) is 11.7 Å². The quantitative estimate of drug-likeness (QED) is 0.421. The van der Waals surface area contributed by atoms with Crippen LogP contribution in [0.3, 0.4) is 0 Å². The molecule has 6 nitrogen and oxygen atoms in total. The molecule has 0 spiro atoms. The van der Waals surface area contributed by atoms with Crippen LogP contribution < -0.4 is 0 Å².